The minimum absolute atomic E-state index is 0.0723. The Labute approximate surface area is 149 Å². The lowest BCUT2D eigenvalue weighted by Crippen LogP contribution is -2.23. The van der Waals surface area contributed by atoms with Gasteiger partial charge in [-0.05, 0) is 39.7 Å². The molecule has 24 heavy (non-hydrogen) atoms. The lowest BCUT2D eigenvalue weighted by atomic mass is 10.2. The number of rotatable bonds is 7. The van der Waals surface area contributed by atoms with Gasteiger partial charge in [0.15, 0.2) is 11.5 Å². The number of nitrogens with one attached hydrogen (secondary N) is 1. The van der Waals surface area contributed by atoms with Gasteiger partial charge in [-0.3, -0.25) is 0 Å². The molecule has 0 saturated carbocycles. The minimum Gasteiger partial charge on any atom is -0.497 e. The van der Waals surface area contributed by atoms with Gasteiger partial charge >= 0.3 is 0 Å². The Bertz CT molecular complexity index is 823. The number of hydrogen-bond donors (Lipinski definition) is 1. The van der Waals surface area contributed by atoms with Crippen LogP contribution >= 0.6 is 15.9 Å². The monoisotopic (exact) mass is 415 g/mol. The van der Waals surface area contributed by atoms with Gasteiger partial charge < -0.3 is 14.2 Å². The van der Waals surface area contributed by atoms with Crippen molar-refractivity contribution in [2.24, 2.45) is 0 Å². The van der Waals surface area contributed by atoms with Crippen LogP contribution in [0.1, 0.15) is 5.56 Å². The SMILES string of the molecule is COc1cccc(CNS(=O)(=O)c2cc(OC)c(OC)cc2Br)c1. The number of sulfonamides is 1. The highest BCUT2D eigenvalue weighted by molar-refractivity contribution is 9.10. The van der Waals surface area contributed by atoms with E-state index in [0.717, 1.165) is 5.56 Å². The molecule has 0 unspecified atom stereocenters. The average molecular weight is 416 g/mol. The molecule has 1 N–H and O–H groups in total. The fraction of sp³-hybridized carbons (Fsp3) is 0.250. The normalized spacial score (nSPS) is 11.2. The van der Waals surface area contributed by atoms with E-state index in [0.29, 0.717) is 21.7 Å². The molecule has 6 nitrogen and oxygen atoms in total. The Balaban J connectivity index is 2.27. The number of benzene rings is 2. The summed E-state index contributed by atoms with van der Waals surface area (Å²) < 4.78 is 43.6. The van der Waals surface area contributed by atoms with E-state index < -0.39 is 10.0 Å². The highest BCUT2D eigenvalue weighted by Crippen LogP contribution is 2.35. The van der Waals surface area contributed by atoms with Gasteiger partial charge in [-0.1, -0.05) is 12.1 Å². The van der Waals surface area contributed by atoms with E-state index in [-0.39, 0.29) is 11.4 Å². The summed E-state index contributed by atoms with van der Waals surface area (Å²) in [5, 5.41) is 0. The summed E-state index contributed by atoms with van der Waals surface area (Å²) in [6, 6.07) is 10.1. The second-order valence-corrected chi connectivity index (χ2v) is 7.40. The fourth-order valence-electron chi connectivity index (χ4n) is 2.08. The van der Waals surface area contributed by atoms with Gasteiger partial charge in [-0.15, -0.1) is 0 Å². The molecule has 0 bridgehead atoms. The summed E-state index contributed by atoms with van der Waals surface area (Å²) in [5.74, 6) is 1.44. The Morgan fingerprint density at radius 3 is 2.29 bits per heavy atom. The first kappa shape index (κ1) is 18.6. The Morgan fingerprint density at radius 2 is 1.67 bits per heavy atom. The maximum Gasteiger partial charge on any atom is 0.242 e. The van der Waals surface area contributed by atoms with Crippen molar-refractivity contribution in [3.8, 4) is 17.2 Å². The first-order chi connectivity index (χ1) is 11.4. The number of ether oxygens (including phenoxy) is 3. The molecule has 0 atom stereocenters. The summed E-state index contributed by atoms with van der Waals surface area (Å²) >= 11 is 3.26. The predicted molar refractivity (Wildman–Crippen MR) is 94.3 cm³/mol. The van der Waals surface area contributed by atoms with Gasteiger partial charge in [0.25, 0.3) is 0 Å². The Kier molecular flexibility index (Phi) is 6.09. The summed E-state index contributed by atoms with van der Waals surface area (Å²) in [5.41, 5.74) is 0.787. The molecule has 0 aromatic heterocycles. The van der Waals surface area contributed by atoms with Crippen LogP contribution in [0.3, 0.4) is 0 Å². The lowest BCUT2D eigenvalue weighted by Gasteiger charge is -2.13. The quantitative estimate of drug-likeness (QED) is 0.752. The molecule has 2 aromatic rings. The molecular formula is C16H18BrNO5S. The van der Waals surface area contributed by atoms with Crippen LogP contribution in [0.4, 0.5) is 0 Å². The van der Waals surface area contributed by atoms with Gasteiger partial charge in [-0.2, -0.15) is 0 Å². The summed E-state index contributed by atoms with van der Waals surface area (Å²) in [7, 11) is 0.756. The van der Waals surface area contributed by atoms with Crippen molar-refractivity contribution >= 4 is 26.0 Å². The van der Waals surface area contributed by atoms with Gasteiger partial charge in [-0.25, -0.2) is 13.1 Å². The van der Waals surface area contributed by atoms with Crippen LogP contribution in [0, 0.1) is 0 Å². The molecule has 2 aromatic carbocycles. The van der Waals surface area contributed by atoms with Crippen molar-refractivity contribution < 1.29 is 22.6 Å². The van der Waals surface area contributed by atoms with Crippen LogP contribution in [0.25, 0.3) is 0 Å². The van der Waals surface area contributed by atoms with E-state index in [1.165, 1.54) is 20.3 Å². The predicted octanol–water partition coefficient (Wildman–Crippen LogP) is 2.95. The molecule has 130 valence electrons. The van der Waals surface area contributed by atoms with Crippen molar-refractivity contribution in [2.75, 3.05) is 21.3 Å². The van der Waals surface area contributed by atoms with Crippen LogP contribution in [-0.2, 0) is 16.6 Å². The molecule has 0 aliphatic heterocycles. The van der Waals surface area contributed by atoms with E-state index in [2.05, 4.69) is 20.7 Å². The van der Waals surface area contributed by atoms with Crippen LogP contribution < -0.4 is 18.9 Å². The van der Waals surface area contributed by atoms with Gasteiger partial charge in [0.2, 0.25) is 10.0 Å². The van der Waals surface area contributed by atoms with E-state index in [1.54, 1.807) is 31.4 Å². The second kappa shape index (κ2) is 7.87. The third-order valence-corrected chi connectivity index (χ3v) is 5.69. The highest BCUT2D eigenvalue weighted by Gasteiger charge is 2.21. The molecule has 0 amide bonds. The van der Waals surface area contributed by atoms with E-state index in [1.807, 2.05) is 6.07 Å². The largest absolute Gasteiger partial charge is 0.497 e. The average Bonchev–Trinajstić information content (AvgIpc) is 2.59. The van der Waals surface area contributed by atoms with Crippen LogP contribution in [0.2, 0.25) is 0 Å². The zero-order chi connectivity index (χ0) is 17.7. The molecule has 0 aliphatic carbocycles. The maximum atomic E-state index is 12.6. The third kappa shape index (κ3) is 4.19. The first-order valence-corrected chi connectivity index (χ1v) is 9.23. The molecule has 0 spiro atoms. The van der Waals surface area contributed by atoms with Crippen molar-refractivity contribution in [3.63, 3.8) is 0 Å². The molecule has 0 fully saturated rings. The minimum atomic E-state index is -3.74. The number of methoxy groups -OCH3 is 3. The molecule has 0 radical (unpaired) electrons. The lowest BCUT2D eigenvalue weighted by molar-refractivity contribution is 0.353. The first-order valence-electron chi connectivity index (χ1n) is 6.95. The van der Waals surface area contributed by atoms with Crippen LogP contribution in [0.5, 0.6) is 17.2 Å². The zero-order valence-electron chi connectivity index (χ0n) is 13.5. The standard InChI is InChI=1S/C16H18BrNO5S/c1-21-12-6-4-5-11(7-12)10-18-24(19,20)16-9-15(23-3)14(22-2)8-13(16)17/h4-9,18H,10H2,1-3H3. The van der Waals surface area contributed by atoms with Crippen molar-refractivity contribution in [3.05, 3.63) is 46.4 Å². The van der Waals surface area contributed by atoms with E-state index in [4.69, 9.17) is 14.2 Å². The second-order valence-electron chi connectivity index (χ2n) is 4.81. The van der Waals surface area contributed by atoms with Crippen molar-refractivity contribution in [1.82, 2.24) is 4.72 Å². The number of hydrogen-bond acceptors (Lipinski definition) is 5. The molecule has 0 saturated heterocycles. The molecular weight excluding hydrogens is 398 g/mol. The molecule has 0 aliphatic rings. The van der Waals surface area contributed by atoms with E-state index >= 15 is 0 Å². The van der Waals surface area contributed by atoms with Crippen LogP contribution in [-0.4, -0.2) is 29.7 Å². The Morgan fingerprint density at radius 1 is 1.00 bits per heavy atom. The fourth-order valence-corrected chi connectivity index (χ4v) is 4.13. The van der Waals surface area contributed by atoms with E-state index in [9.17, 15) is 8.42 Å². The summed E-state index contributed by atoms with van der Waals surface area (Å²) in [6.07, 6.45) is 0. The maximum absolute atomic E-state index is 12.6. The summed E-state index contributed by atoms with van der Waals surface area (Å²) in [6.45, 7) is 0.139. The van der Waals surface area contributed by atoms with Crippen molar-refractivity contribution in [1.29, 1.82) is 0 Å². The van der Waals surface area contributed by atoms with Gasteiger partial charge in [0, 0.05) is 17.1 Å². The Hall–Kier alpha value is -1.77. The van der Waals surface area contributed by atoms with Gasteiger partial charge in [0.05, 0.1) is 21.3 Å². The zero-order valence-corrected chi connectivity index (χ0v) is 15.9. The highest BCUT2D eigenvalue weighted by atomic mass is 79.9. The molecule has 2 rings (SSSR count). The molecule has 8 heteroatoms. The van der Waals surface area contributed by atoms with Crippen LogP contribution in [0.15, 0.2) is 45.8 Å². The molecule has 0 heterocycles. The van der Waals surface area contributed by atoms with Gasteiger partial charge in [0.1, 0.15) is 10.6 Å². The summed E-state index contributed by atoms with van der Waals surface area (Å²) in [4.78, 5) is 0.0723. The smallest absolute Gasteiger partial charge is 0.242 e. The third-order valence-electron chi connectivity index (χ3n) is 3.33. The number of halogens is 1. The topological polar surface area (TPSA) is 73.9 Å². The van der Waals surface area contributed by atoms with Crippen molar-refractivity contribution in [2.45, 2.75) is 11.4 Å².